The van der Waals surface area contributed by atoms with Crippen LogP contribution in [0.1, 0.15) is 79.1 Å². The molecule has 0 aromatic rings. The van der Waals surface area contributed by atoms with Gasteiger partial charge in [0, 0.05) is 0 Å². The monoisotopic (exact) mass is 486 g/mol. The molecular formula is C16H38OSn2. The summed E-state index contributed by atoms with van der Waals surface area (Å²) in [5.41, 5.74) is 0. The van der Waals surface area contributed by atoms with Crippen LogP contribution in [0.15, 0.2) is 0 Å². The van der Waals surface area contributed by atoms with Gasteiger partial charge in [0.05, 0.1) is 0 Å². The normalized spacial score (nSPS) is 12.6. The van der Waals surface area contributed by atoms with E-state index in [0.29, 0.717) is 0 Å². The van der Waals surface area contributed by atoms with Crippen LogP contribution in [-0.2, 0) is 1.41 Å². The molecule has 0 aliphatic carbocycles. The molecule has 0 aromatic carbocycles. The van der Waals surface area contributed by atoms with Gasteiger partial charge in [-0.05, 0) is 0 Å². The van der Waals surface area contributed by atoms with Crippen LogP contribution in [0.3, 0.4) is 0 Å². The first kappa shape index (κ1) is 20.6. The molecule has 0 saturated heterocycles. The van der Waals surface area contributed by atoms with Crippen LogP contribution in [0.2, 0.25) is 17.7 Å². The van der Waals surface area contributed by atoms with Crippen molar-refractivity contribution in [3.63, 3.8) is 0 Å². The SMILES string of the molecule is CCC[CH2][SnH2][O][Sn]([CH2]CCC)([CH2]CCC)[CH2]CCC. The van der Waals surface area contributed by atoms with Gasteiger partial charge < -0.3 is 0 Å². The van der Waals surface area contributed by atoms with E-state index in [-0.39, 0.29) is 0 Å². The van der Waals surface area contributed by atoms with Crippen molar-refractivity contribution in [2.45, 2.75) is 96.8 Å². The van der Waals surface area contributed by atoms with E-state index in [9.17, 15) is 0 Å². The molecule has 0 radical (unpaired) electrons. The molecular weight excluding hydrogens is 446 g/mol. The van der Waals surface area contributed by atoms with Crippen molar-refractivity contribution in [1.29, 1.82) is 0 Å². The quantitative estimate of drug-likeness (QED) is 0.229. The summed E-state index contributed by atoms with van der Waals surface area (Å²) in [5, 5.41) is 0. The predicted octanol–water partition coefficient (Wildman–Crippen LogP) is 5.65. The molecule has 0 aliphatic rings. The summed E-state index contributed by atoms with van der Waals surface area (Å²) in [7, 11) is 0. The van der Waals surface area contributed by atoms with Crippen LogP contribution in [0, 0.1) is 0 Å². The van der Waals surface area contributed by atoms with Crippen molar-refractivity contribution in [3.8, 4) is 0 Å². The van der Waals surface area contributed by atoms with Gasteiger partial charge in [-0.25, -0.2) is 0 Å². The van der Waals surface area contributed by atoms with Crippen LogP contribution in [0.5, 0.6) is 0 Å². The zero-order valence-electron chi connectivity index (χ0n) is 14.1. The topological polar surface area (TPSA) is 9.23 Å². The van der Waals surface area contributed by atoms with Crippen LogP contribution in [0.25, 0.3) is 0 Å². The molecule has 0 aliphatic heterocycles. The van der Waals surface area contributed by atoms with Gasteiger partial charge in [0.25, 0.3) is 0 Å². The third kappa shape index (κ3) is 10.9. The number of rotatable bonds is 14. The van der Waals surface area contributed by atoms with Crippen molar-refractivity contribution in [2.24, 2.45) is 0 Å². The van der Waals surface area contributed by atoms with E-state index in [4.69, 9.17) is 1.41 Å². The third-order valence-corrected chi connectivity index (χ3v) is 35.2. The number of unbranched alkanes of at least 4 members (excludes halogenated alkanes) is 4. The zero-order valence-corrected chi connectivity index (χ0v) is 21.0. The maximum atomic E-state index is 6.86. The van der Waals surface area contributed by atoms with Gasteiger partial charge in [-0.1, -0.05) is 0 Å². The molecule has 0 atom stereocenters. The molecule has 0 spiro atoms. The second-order valence-electron chi connectivity index (χ2n) is 6.05. The average Bonchev–Trinajstić information content (AvgIpc) is 2.44. The molecule has 0 unspecified atom stereocenters. The minimum absolute atomic E-state index is 0.842. The van der Waals surface area contributed by atoms with Gasteiger partial charge >= 0.3 is 139 Å². The Morgan fingerprint density at radius 1 is 0.684 bits per heavy atom. The first-order chi connectivity index (χ1) is 9.24. The fourth-order valence-electron chi connectivity index (χ4n) is 2.73. The van der Waals surface area contributed by atoms with Crippen LogP contribution in [-0.4, -0.2) is 40.3 Å². The van der Waals surface area contributed by atoms with E-state index in [2.05, 4.69) is 27.7 Å². The molecule has 19 heavy (non-hydrogen) atoms. The Balaban J connectivity index is 4.38. The second kappa shape index (κ2) is 14.5. The summed E-state index contributed by atoms with van der Waals surface area (Å²) in [6.45, 7) is 9.34. The molecule has 0 saturated carbocycles. The summed E-state index contributed by atoms with van der Waals surface area (Å²) in [6.07, 6.45) is 11.2. The second-order valence-corrected chi connectivity index (χ2v) is 26.6. The predicted molar refractivity (Wildman–Crippen MR) is 94.2 cm³/mol. The Morgan fingerprint density at radius 2 is 1.11 bits per heavy atom. The van der Waals surface area contributed by atoms with E-state index in [1.807, 2.05) is 0 Å². The molecule has 0 amide bonds. The fourth-order valence-corrected chi connectivity index (χ4v) is 37.7. The summed E-state index contributed by atoms with van der Waals surface area (Å²) in [5.74, 6) is 0. The summed E-state index contributed by atoms with van der Waals surface area (Å²) in [4.78, 5) is 0. The molecule has 0 aromatic heterocycles. The van der Waals surface area contributed by atoms with Gasteiger partial charge in [-0.15, -0.1) is 0 Å². The Kier molecular flexibility index (Phi) is 15.7. The maximum absolute atomic E-state index is 6.86. The van der Waals surface area contributed by atoms with Gasteiger partial charge in [0.1, 0.15) is 0 Å². The van der Waals surface area contributed by atoms with E-state index in [1.54, 1.807) is 0 Å². The Bertz CT molecular complexity index is 164. The molecule has 0 rings (SSSR count). The molecule has 3 heteroatoms. The van der Waals surface area contributed by atoms with Crippen molar-refractivity contribution >= 4 is 40.3 Å². The summed E-state index contributed by atoms with van der Waals surface area (Å²) < 4.78 is 13.0. The standard InChI is InChI=1S/4C4H9.O.2Sn.2H/c4*1-3-4-2;;;;;/h4*1,3-4H2,2H3;;;;;. The fraction of sp³-hybridized carbons (Fsp3) is 1.00. The number of hydrogen-bond donors (Lipinski definition) is 0. The molecule has 0 N–H and O–H groups in total. The molecule has 0 heterocycles. The molecule has 1 nitrogen and oxygen atoms in total. The zero-order chi connectivity index (χ0) is 14.4. The van der Waals surface area contributed by atoms with Crippen molar-refractivity contribution in [1.82, 2.24) is 0 Å². The van der Waals surface area contributed by atoms with Gasteiger partial charge in [0.2, 0.25) is 0 Å². The molecule has 0 bridgehead atoms. The third-order valence-electron chi connectivity index (χ3n) is 4.11. The summed E-state index contributed by atoms with van der Waals surface area (Å²) >= 11 is -2.98. The van der Waals surface area contributed by atoms with Crippen molar-refractivity contribution in [3.05, 3.63) is 0 Å². The van der Waals surface area contributed by atoms with E-state index < -0.39 is 40.3 Å². The van der Waals surface area contributed by atoms with Crippen molar-refractivity contribution < 1.29 is 1.41 Å². The van der Waals surface area contributed by atoms with E-state index in [0.717, 1.165) is 0 Å². The van der Waals surface area contributed by atoms with E-state index in [1.165, 1.54) is 69.1 Å². The minimum atomic E-state index is -2.14. The van der Waals surface area contributed by atoms with Gasteiger partial charge in [0.15, 0.2) is 0 Å². The Morgan fingerprint density at radius 3 is 1.47 bits per heavy atom. The van der Waals surface area contributed by atoms with E-state index >= 15 is 0 Å². The first-order valence-corrected chi connectivity index (χ1v) is 20.6. The van der Waals surface area contributed by atoms with Gasteiger partial charge in [-0.2, -0.15) is 0 Å². The van der Waals surface area contributed by atoms with Crippen molar-refractivity contribution in [2.75, 3.05) is 0 Å². The number of hydrogen-bond acceptors (Lipinski definition) is 1. The summed E-state index contributed by atoms with van der Waals surface area (Å²) in [6, 6.07) is 0. The Labute approximate surface area is 137 Å². The van der Waals surface area contributed by atoms with Gasteiger partial charge in [-0.3, -0.25) is 0 Å². The van der Waals surface area contributed by atoms with Crippen LogP contribution >= 0.6 is 0 Å². The molecule has 0 fully saturated rings. The van der Waals surface area contributed by atoms with Crippen LogP contribution in [0.4, 0.5) is 0 Å². The Hall–Kier alpha value is 1.56. The molecule has 116 valence electrons. The average molecular weight is 484 g/mol. The van der Waals surface area contributed by atoms with Crippen LogP contribution < -0.4 is 0 Å². The first-order valence-electron chi connectivity index (χ1n) is 8.88.